The van der Waals surface area contributed by atoms with Crippen molar-refractivity contribution in [2.24, 2.45) is 5.11 Å². The van der Waals surface area contributed by atoms with Crippen LogP contribution in [-0.4, -0.2) is 58.9 Å². The molecule has 2 N–H and O–H groups in total. The molecular weight excluding hydrogens is 544 g/mol. The number of carbonyl (C=O) groups excluding carboxylic acids is 2. The van der Waals surface area contributed by atoms with E-state index in [1.807, 2.05) is 44.2 Å². The number of azide groups is 1. The summed E-state index contributed by atoms with van der Waals surface area (Å²) in [7, 11) is -6.46. The van der Waals surface area contributed by atoms with Gasteiger partial charge in [0.1, 0.15) is 6.54 Å². The van der Waals surface area contributed by atoms with Crippen LogP contribution in [0.3, 0.4) is 0 Å². The topological polar surface area (TPSA) is 224 Å². The molecule has 2 unspecified atom stereocenters. The van der Waals surface area contributed by atoms with Crippen LogP contribution in [0.15, 0.2) is 35.4 Å². The van der Waals surface area contributed by atoms with Crippen molar-refractivity contribution in [3.63, 3.8) is 0 Å². The maximum atomic E-state index is 11.5. The summed E-state index contributed by atoms with van der Waals surface area (Å²) in [6.07, 6.45) is 0.250. The van der Waals surface area contributed by atoms with Gasteiger partial charge < -0.3 is 38.5 Å². The van der Waals surface area contributed by atoms with Crippen LogP contribution in [0.5, 0.6) is 0 Å². The molecule has 0 fully saturated rings. The van der Waals surface area contributed by atoms with Gasteiger partial charge in [-0.25, -0.2) is 0 Å². The Kier molecular flexibility index (Phi) is 33.3. The zero-order valence-corrected chi connectivity index (χ0v) is 21.7. The number of rotatable bonds is 14. The van der Waals surface area contributed by atoms with Crippen molar-refractivity contribution in [3.05, 3.63) is 46.3 Å². The van der Waals surface area contributed by atoms with Crippen molar-refractivity contribution in [1.82, 2.24) is 10.6 Å². The van der Waals surface area contributed by atoms with Crippen molar-refractivity contribution in [1.29, 1.82) is 0 Å². The van der Waals surface area contributed by atoms with Crippen molar-refractivity contribution >= 4 is 27.5 Å². The van der Waals surface area contributed by atoms with E-state index in [1.54, 1.807) is 0 Å². The Morgan fingerprint density at radius 3 is 1.71 bits per heavy atom. The lowest BCUT2D eigenvalue weighted by Crippen LogP contribution is -2.29. The summed E-state index contributed by atoms with van der Waals surface area (Å²) in [4.78, 5) is 46.0. The molecule has 224 valence electrons. The Bertz CT molecular complexity index is 871. The van der Waals surface area contributed by atoms with Gasteiger partial charge in [0, 0.05) is 32.2 Å². The Morgan fingerprint density at radius 2 is 1.32 bits per heavy atom. The standard InChI is InChI=1S/C11H16NO5P.C5H11N4O5P.C2H6.3CH4/c1-16-18(14,15)17-8-7-12-11(13)9-10-5-3-2-4-6-10;1-13-15(11,12)14-3-2-7-5(10)4-8-9-6;1-2;;;/h2-6H,7-9H2,1H3,(H,12,13)(H,14,15);2-4H2,1H3,(H,7,10)(H,11,12);1-2H3;3*1H4/p-2. The monoisotopic (exact) mass is 587 g/mol. The lowest BCUT2D eigenvalue weighted by Gasteiger charge is -2.20. The first kappa shape index (κ1) is 45.6. The molecule has 1 rings (SSSR count). The molecule has 0 aliphatic heterocycles. The van der Waals surface area contributed by atoms with Crippen LogP contribution in [0.4, 0.5) is 0 Å². The number of phosphoric acid groups is 2. The van der Waals surface area contributed by atoms with Gasteiger partial charge >= 0.3 is 0 Å². The minimum atomic E-state index is -4.24. The summed E-state index contributed by atoms with van der Waals surface area (Å²) >= 11 is 0. The highest BCUT2D eigenvalue weighted by molar-refractivity contribution is 7.46. The largest absolute Gasteiger partial charge is 0.756 e. The van der Waals surface area contributed by atoms with E-state index >= 15 is 0 Å². The first-order chi connectivity index (χ1) is 16.5. The molecule has 1 aromatic rings. The van der Waals surface area contributed by atoms with Gasteiger partial charge in [-0.2, -0.15) is 0 Å². The molecule has 0 aliphatic carbocycles. The van der Waals surface area contributed by atoms with E-state index in [2.05, 4.69) is 38.8 Å². The number of hydrogen-bond acceptors (Lipinski definition) is 11. The molecule has 0 radical (unpaired) electrons. The highest BCUT2D eigenvalue weighted by Gasteiger charge is 2.07. The predicted molar refractivity (Wildman–Crippen MR) is 143 cm³/mol. The molecule has 1 aromatic carbocycles. The van der Waals surface area contributed by atoms with Gasteiger partial charge in [-0.3, -0.25) is 18.7 Å². The lowest BCUT2D eigenvalue weighted by molar-refractivity contribution is -0.224. The molecule has 0 aromatic heterocycles. The molecule has 0 saturated carbocycles. The Labute approximate surface area is 226 Å². The van der Waals surface area contributed by atoms with Gasteiger partial charge in [-0.05, 0) is 11.1 Å². The zero-order valence-electron chi connectivity index (χ0n) is 19.9. The molecular formula is C21H43N5O10P2-2. The summed E-state index contributed by atoms with van der Waals surface area (Å²) in [5, 5.41) is 7.82. The van der Waals surface area contributed by atoms with Crippen LogP contribution in [0.25, 0.3) is 10.4 Å². The fraction of sp³-hybridized carbons (Fsp3) is 0.619. The van der Waals surface area contributed by atoms with E-state index in [-0.39, 0.29) is 67.5 Å². The minimum absolute atomic E-state index is 0. The van der Waals surface area contributed by atoms with Crippen LogP contribution in [-0.2, 0) is 43.2 Å². The number of amides is 2. The number of benzene rings is 1. The van der Waals surface area contributed by atoms with E-state index in [1.165, 1.54) is 0 Å². The molecule has 2 amide bonds. The Morgan fingerprint density at radius 1 is 0.895 bits per heavy atom. The fourth-order valence-corrected chi connectivity index (χ4v) is 2.64. The van der Waals surface area contributed by atoms with Crippen LogP contribution >= 0.6 is 15.6 Å². The summed E-state index contributed by atoms with van der Waals surface area (Å²) in [6.45, 7) is 3.37. The molecule has 0 saturated heterocycles. The smallest absolute Gasteiger partial charge is 0.267 e. The quantitative estimate of drug-likeness (QED) is 0.106. The van der Waals surface area contributed by atoms with Crippen LogP contribution in [0, 0.1) is 0 Å². The van der Waals surface area contributed by atoms with E-state index < -0.39 is 21.6 Å². The third-order valence-corrected chi connectivity index (χ3v) is 5.17. The molecule has 0 spiro atoms. The number of carbonyl (C=O) groups is 2. The third-order valence-electron chi connectivity index (χ3n) is 3.28. The highest BCUT2D eigenvalue weighted by Crippen LogP contribution is 2.36. The normalized spacial score (nSPS) is 12.2. The van der Waals surface area contributed by atoms with Gasteiger partial charge in [-0.1, -0.05) is 71.6 Å². The second kappa shape index (κ2) is 27.7. The molecule has 0 bridgehead atoms. The van der Waals surface area contributed by atoms with Gasteiger partial charge in [0.25, 0.3) is 15.6 Å². The Balaban J connectivity index is -0.000000169. The number of nitrogens with zero attached hydrogens (tertiary/aromatic N) is 3. The van der Waals surface area contributed by atoms with Gasteiger partial charge in [0.2, 0.25) is 11.8 Å². The van der Waals surface area contributed by atoms with Crippen molar-refractivity contribution in [2.75, 3.05) is 47.1 Å². The zero-order chi connectivity index (χ0) is 27.2. The van der Waals surface area contributed by atoms with E-state index in [4.69, 9.17) is 5.53 Å². The van der Waals surface area contributed by atoms with Crippen molar-refractivity contribution in [2.45, 2.75) is 42.5 Å². The van der Waals surface area contributed by atoms with Crippen molar-refractivity contribution < 1.29 is 46.6 Å². The van der Waals surface area contributed by atoms with E-state index in [9.17, 15) is 28.5 Å². The lowest BCUT2D eigenvalue weighted by atomic mass is 10.1. The second-order valence-corrected chi connectivity index (χ2v) is 8.71. The SMILES string of the molecule is C.C.C.CC.COP(=O)([O-])OCCNC(=O)CN=[N+]=[N-].COP(=O)([O-])OCCNC(=O)Cc1ccccc1. The van der Waals surface area contributed by atoms with Crippen LogP contribution < -0.4 is 20.4 Å². The molecule has 0 heterocycles. The second-order valence-electron chi connectivity index (χ2n) is 5.68. The average Bonchev–Trinajstić information content (AvgIpc) is 2.85. The molecule has 2 atom stereocenters. The summed E-state index contributed by atoms with van der Waals surface area (Å²) in [5.74, 6) is -0.711. The maximum Gasteiger partial charge on any atom is 0.267 e. The Hall–Kier alpha value is -2.31. The number of nitrogens with one attached hydrogen (secondary N) is 2. The first-order valence-electron chi connectivity index (χ1n) is 10.2. The fourth-order valence-electron chi connectivity index (χ4n) is 1.80. The van der Waals surface area contributed by atoms with E-state index in [0.717, 1.165) is 19.8 Å². The summed E-state index contributed by atoms with van der Waals surface area (Å²) in [6, 6.07) is 9.24. The molecule has 17 heteroatoms. The summed E-state index contributed by atoms with van der Waals surface area (Å²) < 4.78 is 38.3. The number of hydrogen-bond donors (Lipinski definition) is 2. The van der Waals surface area contributed by atoms with Crippen LogP contribution in [0.1, 0.15) is 41.7 Å². The highest BCUT2D eigenvalue weighted by atomic mass is 31.2. The van der Waals surface area contributed by atoms with Crippen molar-refractivity contribution in [3.8, 4) is 0 Å². The molecule has 15 nitrogen and oxygen atoms in total. The predicted octanol–water partition coefficient (Wildman–Crippen LogP) is 2.96. The van der Waals surface area contributed by atoms with Gasteiger partial charge in [0.15, 0.2) is 0 Å². The average molecular weight is 588 g/mol. The minimum Gasteiger partial charge on any atom is -0.756 e. The maximum absolute atomic E-state index is 11.5. The summed E-state index contributed by atoms with van der Waals surface area (Å²) in [5.41, 5.74) is 8.78. The van der Waals surface area contributed by atoms with Gasteiger partial charge in [-0.15, -0.1) is 0 Å². The van der Waals surface area contributed by atoms with E-state index in [0.29, 0.717) is 0 Å². The van der Waals surface area contributed by atoms with Crippen LogP contribution in [0.2, 0.25) is 0 Å². The van der Waals surface area contributed by atoms with Gasteiger partial charge in [0.05, 0.1) is 19.6 Å². The molecule has 38 heavy (non-hydrogen) atoms. The first-order valence-corrected chi connectivity index (χ1v) is 13.1. The molecule has 0 aliphatic rings. The number of phosphoric ester groups is 2. The third kappa shape index (κ3) is 28.3.